The van der Waals surface area contributed by atoms with Crippen molar-refractivity contribution < 1.29 is 14.2 Å². The van der Waals surface area contributed by atoms with E-state index < -0.39 is 5.60 Å². The molecule has 15 heavy (non-hydrogen) atoms. The standard InChI is InChI=1S/C12H18O3/c1-5-8-12(15-4)9-6-7-10(13-2)11(12)14-3/h5-7,9,11H,1,8H2,2-4H3. The zero-order valence-electron chi connectivity index (χ0n) is 9.53. The number of allylic oxidation sites excluding steroid dienone is 2. The topological polar surface area (TPSA) is 27.7 Å². The van der Waals surface area contributed by atoms with Gasteiger partial charge in [-0.2, -0.15) is 0 Å². The van der Waals surface area contributed by atoms with Gasteiger partial charge in [-0.05, 0) is 12.2 Å². The van der Waals surface area contributed by atoms with E-state index in [4.69, 9.17) is 14.2 Å². The summed E-state index contributed by atoms with van der Waals surface area (Å²) in [6.45, 7) is 3.74. The lowest BCUT2D eigenvalue weighted by Gasteiger charge is -2.37. The summed E-state index contributed by atoms with van der Waals surface area (Å²) in [5.41, 5.74) is -0.503. The molecule has 0 heterocycles. The van der Waals surface area contributed by atoms with Crippen molar-refractivity contribution in [1.82, 2.24) is 0 Å². The Labute approximate surface area is 91.0 Å². The zero-order valence-corrected chi connectivity index (χ0v) is 9.53. The van der Waals surface area contributed by atoms with Crippen molar-refractivity contribution in [3.8, 4) is 0 Å². The van der Waals surface area contributed by atoms with Crippen LogP contribution in [0, 0.1) is 0 Å². The highest BCUT2D eigenvalue weighted by Crippen LogP contribution is 2.32. The Hall–Kier alpha value is -1.06. The van der Waals surface area contributed by atoms with E-state index in [1.807, 2.05) is 24.3 Å². The first-order chi connectivity index (χ1) is 7.24. The Bertz CT molecular complexity index is 281. The Kier molecular flexibility index (Phi) is 4.12. The van der Waals surface area contributed by atoms with Gasteiger partial charge < -0.3 is 14.2 Å². The van der Waals surface area contributed by atoms with Crippen LogP contribution >= 0.6 is 0 Å². The van der Waals surface area contributed by atoms with Crippen molar-refractivity contribution in [3.63, 3.8) is 0 Å². The molecular weight excluding hydrogens is 192 g/mol. The second-order valence-electron chi connectivity index (χ2n) is 3.40. The highest BCUT2D eigenvalue weighted by Gasteiger charge is 2.40. The second kappa shape index (κ2) is 5.14. The Balaban J connectivity index is 3.02. The normalized spacial score (nSPS) is 29.8. The summed E-state index contributed by atoms with van der Waals surface area (Å²) in [7, 11) is 4.94. The van der Waals surface area contributed by atoms with E-state index in [0.29, 0.717) is 6.42 Å². The van der Waals surface area contributed by atoms with Gasteiger partial charge in [0.15, 0.2) is 0 Å². The van der Waals surface area contributed by atoms with Crippen LogP contribution in [0.1, 0.15) is 6.42 Å². The van der Waals surface area contributed by atoms with Crippen LogP contribution in [0.25, 0.3) is 0 Å². The average molecular weight is 210 g/mol. The molecule has 0 spiro atoms. The summed E-state index contributed by atoms with van der Waals surface area (Å²) in [4.78, 5) is 0. The number of rotatable bonds is 5. The van der Waals surface area contributed by atoms with E-state index in [1.165, 1.54) is 0 Å². The molecule has 0 aromatic rings. The summed E-state index contributed by atoms with van der Waals surface area (Å²) in [5.74, 6) is 0.767. The molecule has 0 saturated carbocycles. The molecule has 3 heteroatoms. The van der Waals surface area contributed by atoms with E-state index >= 15 is 0 Å². The monoisotopic (exact) mass is 210 g/mol. The Morgan fingerprint density at radius 3 is 2.67 bits per heavy atom. The number of hydrogen-bond donors (Lipinski definition) is 0. The SMILES string of the molecule is C=CCC1(OC)C=CC=C(OC)C1OC. The molecule has 0 radical (unpaired) electrons. The van der Waals surface area contributed by atoms with Crippen LogP contribution in [-0.2, 0) is 14.2 Å². The molecule has 2 unspecified atom stereocenters. The van der Waals surface area contributed by atoms with E-state index in [1.54, 1.807) is 21.3 Å². The second-order valence-corrected chi connectivity index (χ2v) is 3.40. The molecule has 1 aliphatic carbocycles. The third-order valence-electron chi connectivity index (χ3n) is 2.66. The molecule has 2 atom stereocenters. The smallest absolute Gasteiger partial charge is 0.147 e. The van der Waals surface area contributed by atoms with Gasteiger partial charge in [0.2, 0.25) is 0 Å². The van der Waals surface area contributed by atoms with Crippen molar-refractivity contribution in [2.75, 3.05) is 21.3 Å². The van der Waals surface area contributed by atoms with Gasteiger partial charge in [-0.25, -0.2) is 0 Å². The van der Waals surface area contributed by atoms with E-state index in [2.05, 4.69) is 6.58 Å². The summed E-state index contributed by atoms with van der Waals surface area (Å²) in [6.07, 6.45) is 8.05. The van der Waals surface area contributed by atoms with E-state index in [9.17, 15) is 0 Å². The molecular formula is C12H18O3. The minimum absolute atomic E-state index is 0.226. The van der Waals surface area contributed by atoms with Crippen LogP contribution < -0.4 is 0 Å². The van der Waals surface area contributed by atoms with Crippen LogP contribution in [0.15, 0.2) is 36.6 Å². The van der Waals surface area contributed by atoms with Gasteiger partial charge in [0.05, 0.1) is 7.11 Å². The molecule has 0 aromatic carbocycles. The zero-order chi connectivity index (χ0) is 11.3. The van der Waals surface area contributed by atoms with Crippen LogP contribution in [0.2, 0.25) is 0 Å². The van der Waals surface area contributed by atoms with Gasteiger partial charge in [-0.15, -0.1) is 6.58 Å². The van der Waals surface area contributed by atoms with Crippen molar-refractivity contribution in [3.05, 3.63) is 36.6 Å². The molecule has 1 aliphatic rings. The predicted octanol–water partition coefficient (Wildman–Crippen LogP) is 2.06. The van der Waals surface area contributed by atoms with E-state index in [-0.39, 0.29) is 6.10 Å². The van der Waals surface area contributed by atoms with Crippen LogP contribution in [0.3, 0.4) is 0 Å². The largest absolute Gasteiger partial charge is 0.498 e. The fourth-order valence-corrected chi connectivity index (χ4v) is 1.87. The first-order valence-corrected chi connectivity index (χ1v) is 4.86. The molecule has 0 bridgehead atoms. The van der Waals surface area contributed by atoms with Crippen LogP contribution in [0.5, 0.6) is 0 Å². The third kappa shape index (κ3) is 2.13. The van der Waals surface area contributed by atoms with E-state index in [0.717, 1.165) is 5.76 Å². The third-order valence-corrected chi connectivity index (χ3v) is 2.66. The van der Waals surface area contributed by atoms with Crippen LogP contribution in [-0.4, -0.2) is 33.0 Å². The summed E-state index contributed by atoms with van der Waals surface area (Å²) < 4.78 is 16.3. The molecule has 84 valence electrons. The van der Waals surface area contributed by atoms with Gasteiger partial charge >= 0.3 is 0 Å². The highest BCUT2D eigenvalue weighted by molar-refractivity contribution is 5.28. The maximum Gasteiger partial charge on any atom is 0.147 e. The fraction of sp³-hybridized carbons (Fsp3) is 0.500. The first kappa shape index (κ1) is 12.0. The van der Waals surface area contributed by atoms with Gasteiger partial charge in [0.25, 0.3) is 0 Å². The molecule has 1 rings (SSSR count). The lowest BCUT2D eigenvalue weighted by atomic mass is 9.87. The molecule has 0 aliphatic heterocycles. The molecule has 0 fully saturated rings. The maximum atomic E-state index is 5.55. The maximum absolute atomic E-state index is 5.55. The van der Waals surface area contributed by atoms with Crippen molar-refractivity contribution in [2.45, 2.75) is 18.1 Å². The highest BCUT2D eigenvalue weighted by atomic mass is 16.6. The Morgan fingerprint density at radius 2 is 2.20 bits per heavy atom. The number of ether oxygens (including phenoxy) is 3. The molecule has 0 N–H and O–H groups in total. The van der Waals surface area contributed by atoms with Gasteiger partial charge in [-0.1, -0.05) is 12.2 Å². The lowest BCUT2D eigenvalue weighted by molar-refractivity contribution is -0.0870. The van der Waals surface area contributed by atoms with Crippen LogP contribution in [0.4, 0.5) is 0 Å². The number of hydrogen-bond acceptors (Lipinski definition) is 3. The molecule has 0 saturated heterocycles. The Morgan fingerprint density at radius 1 is 1.47 bits per heavy atom. The summed E-state index contributed by atoms with van der Waals surface area (Å²) >= 11 is 0. The average Bonchev–Trinajstić information content (AvgIpc) is 2.28. The molecule has 0 amide bonds. The quantitative estimate of drug-likeness (QED) is 0.650. The summed E-state index contributed by atoms with van der Waals surface area (Å²) in [5, 5.41) is 0. The van der Waals surface area contributed by atoms with Gasteiger partial charge in [-0.3, -0.25) is 0 Å². The van der Waals surface area contributed by atoms with Gasteiger partial charge in [0, 0.05) is 20.6 Å². The summed E-state index contributed by atoms with van der Waals surface area (Å²) in [6, 6.07) is 0. The van der Waals surface area contributed by atoms with Crippen molar-refractivity contribution >= 4 is 0 Å². The minimum Gasteiger partial charge on any atom is -0.498 e. The van der Waals surface area contributed by atoms with Gasteiger partial charge in [0.1, 0.15) is 17.5 Å². The molecule has 0 aromatic heterocycles. The van der Waals surface area contributed by atoms with Crippen molar-refractivity contribution in [1.29, 1.82) is 0 Å². The predicted molar refractivity (Wildman–Crippen MR) is 59.6 cm³/mol. The molecule has 3 nitrogen and oxygen atoms in total. The lowest BCUT2D eigenvalue weighted by Crippen LogP contribution is -2.46. The minimum atomic E-state index is -0.503. The first-order valence-electron chi connectivity index (χ1n) is 4.86. The van der Waals surface area contributed by atoms with Crippen molar-refractivity contribution in [2.24, 2.45) is 0 Å². The number of methoxy groups -OCH3 is 3. The fourth-order valence-electron chi connectivity index (χ4n) is 1.87.